The van der Waals surface area contributed by atoms with Gasteiger partial charge in [0.15, 0.2) is 0 Å². The molecule has 0 aromatic heterocycles. The van der Waals surface area contributed by atoms with E-state index in [1.165, 1.54) is 12.1 Å². The number of piperidine rings is 1. The van der Waals surface area contributed by atoms with E-state index in [4.69, 9.17) is 0 Å². The van der Waals surface area contributed by atoms with Gasteiger partial charge in [-0.3, -0.25) is 0 Å². The zero-order chi connectivity index (χ0) is 13.8. The summed E-state index contributed by atoms with van der Waals surface area (Å²) in [5.74, 6) is 0.563. The van der Waals surface area contributed by atoms with E-state index in [0.717, 1.165) is 37.9 Å². The minimum Gasteiger partial charge on any atom is -0.507 e. The van der Waals surface area contributed by atoms with Crippen molar-refractivity contribution in [2.24, 2.45) is 5.92 Å². The van der Waals surface area contributed by atoms with Gasteiger partial charge < -0.3 is 15.3 Å². The number of rotatable bonds is 4. The summed E-state index contributed by atoms with van der Waals surface area (Å²) in [6.45, 7) is 2.60. The van der Waals surface area contributed by atoms with Crippen LogP contribution in [-0.4, -0.2) is 37.2 Å². The van der Waals surface area contributed by atoms with Crippen LogP contribution in [0, 0.1) is 11.7 Å². The molecule has 1 aromatic rings. The van der Waals surface area contributed by atoms with Gasteiger partial charge >= 0.3 is 0 Å². The van der Waals surface area contributed by atoms with Gasteiger partial charge in [0.1, 0.15) is 11.6 Å². The fourth-order valence-corrected chi connectivity index (χ4v) is 2.73. The highest BCUT2D eigenvalue weighted by Crippen LogP contribution is 2.29. The van der Waals surface area contributed by atoms with Gasteiger partial charge in [0.25, 0.3) is 0 Å². The van der Waals surface area contributed by atoms with Crippen LogP contribution in [-0.2, 0) is 13.0 Å². The molecule has 0 unspecified atom stereocenters. The van der Waals surface area contributed by atoms with Crippen LogP contribution in [0.1, 0.15) is 24.0 Å². The first-order chi connectivity index (χ1) is 9.06. The largest absolute Gasteiger partial charge is 0.507 e. The maximum atomic E-state index is 13.7. The third-order valence-corrected chi connectivity index (χ3v) is 3.69. The molecule has 0 radical (unpaired) electrons. The first kappa shape index (κ1) is 14.3. The van der Waals surface area contributed by atoms with Crippen molar-refractivity contribution in [3.05, 3.63) is 29.1 Å². The minimum absolute atomic E-state index is 0.251. The van der Waals surface area contributed by atoms with Gasteiger partial charge in [0, 0.05) is 12.1 Å². The molecule has 1 saturated heterocycles. The Labute approximate surface area is 114 Å². The lowest BCUT2D eigenvalue weighted by Gasteiger charge is -2.23. The van der Waals surface area contributed by atoms with Crippen LogP contribution >= 0.6 is 0 Å². The number of nitrogens with one attached hydrogen (secondary N) is 1. The van der Waals surface area contributed by atoms with Crippen molar-refractivity contribution in [3.63, 3.8) is 0 Å². The minimum atomic E-state index is -0.251. The number of phenolic OH excluding ortho intramolecular Hbond substituents is 1. The summed E-state index contributed by atoms with van der Waals surface area (Å²) < 4.78 is 13.7. The molecule has 3 nitrogen and oxygen atoms in total. The van der Waals surface area contributed by atoms with Gasteiger partial charge in [-0.2, -0.15) is 0 Å². The summed E-state index contributed by atoms with van der Waals surface area (Å²) in [7, 11) is 3.83. The number of halogens is 1. The first-order valence-electron chi connectivity index (χ1n) is 6.92. The number of hydrogen-bond donors (Lipinski definition) is 2. The van der Waals surface area contributed by atoms with Gasteiger partial charge in [-0.15, -0.1) is 0 Å². The van der Waals surface area contributed by atoms with E-state index in [1.807, 2.05) is 19.0 Å². The monoisotopic (exact) mass is 266 g/mol. The maximum Gasteiger partial charge on any atom is 0.124 e. The molecule has 19 heavy (non-hydrogen) atoms. The quantitative estimate of drug-likeness (QED) is 0.876. The highest BCUT2D eigenvalue weighted by Gasteiger charge is 2.18. The van der Waals surface area contributed by atoms with Crippen LogP contribution in [0.5, 0.6) is 5.75 Å². The smallest absolute Gasteiger partial charge is 0.124 e. The van der Waals surface area contributed by atoms with Crippen LogP contribution < -0.4 is 5.32 Å². The predicted octanol–water partition coefficient (Wildman–Crippen LogP) is 2.14. The van der Waals surface area contributed by atoms with Crippen molar-refractivity contribution in [1.29, 1.82) is 0 Å². The van der Waals surface area contributed by atoms with E-state index in [-0.39, 0.29) is 11.6 Å². The Balaban J connectivity index is 2.16. The van der Waals surface area contributed by atoms with Crippen molar-refractivity contribution < 1.29 is 9.50 Å². The molecule has 1 aromatic carbocycles. The van der Waals surface area contributed by atoms with Crippen molar-refractivity contribution in [2.45, 2.75) is 25.8 Å². The molecule has 1 aliphatic rings. The van der Waals surface area contributed by atoms with Gasteiger partial charge in [-0.25, -0.2) is 4.39 Å². The lowest BCUT2D eigenvalue weighted by Crippen LogP contribution is -2.28. The molecular weight excluding hydrogens is 243 g/mol. The van der Waals surface area contributed by atoms with Crippen molar-refractivity contribution in [3.8, 4) is 5.75 Å². The van der Waals surface area contributed by atoms with Gasteiger partial charge in [0.2, 0.25) is 0 Å². The van der Waals surface area contributed by atoms with Crippen molar-refractivity contribution in [2.75, 3.05) is 27.2 Å². The van der Waals surface area contributed by atoms with Gasteiger partial charge in [-0.1, -0.05) is 0 Å². The summed E-state index contributed by atoms with van der Waals surface area (Å²) in [4.78, 5) is 1.93. The van der Waals surface area contributed by atoms with Crippen LogP contribution in [0.15, 0.2) is 12.1 Å². The molecule has 2 rings (SSSR count). The summed E-state index contributed by atoms with van der Waals surface area (Å²) in [5, 5.41) is 13.6. The van der Waals surface area contributed by atoms with E-state index >= 15 is 0 Å². The highest BCUT2D eigenvalue weighted by molar-refractivity contribution is 5.41. The van der Waals surface area contributed by atoms with Crippen LogP contribution in [0.4, 0.5) is 4.39 Å². The molecule has 0 aliphatic carbocycles. The Kier molecular flexibility index (Phi) is 4.77. The zero-order valence-corrected chi connectivity index (χ0v) is 11.7. The Morgan fingerprint density at radius 2 is 1.89 bits per heavy atom. The Hall–Kier alpha value is -1.13. The van der Waals surface area contributed by atoms with Crippen LogP contribution in [0.3, 0.4) is 0 Å². The lowest BCUT2D eigenvalue weighted by atomic mass is 9.90. The number of phenols is 1. The fraction of sp³-hybridized carbons (Fsp3) is 0.600. The summed E-state index contributed by atoms with van der Waals surface area (Å²) in [6.07, 6.45) is 2.96. The molecule has 0 spiro atoms. The molecule has 1 fully saturated rings. The van der Waals surface area contributed by atoms with Crippen LogP contribution in [0.2, 0.25) is 0 Å². The first-order valence-corrected chi connectivity index (χ1v) is 6.92. The van der Waals surface area contributed by atoms with E-state index < -0.39 is 0 Å². The highest BCUT2D eigenvalue weighted by atomic mass is 19.1. The maximum absolute atomic E-state index is 13.7. The Bertz CT molecular complexity index is 428. The standard InChI is InChI=1S/C15H23FN2O/c1-18(2)10-13-9-14(16)8-12(15(13)19)7-11-3-5-17-6-4-11/h8-9,11,17,19H,3-7,10H2,1-2H3. The SMILES string of the molecule is CN(C)Cc1cc(F)cc(CC2CCNCC2)c1O. The summed E-state index contributed by atoms with van der Waals surface area (Å²) in [6, 6.07) is 2.91. The van der Waals surface area contributed by atoms with E-state index in [0.29, 0.717) is 18.0 Å². The topological polar surface area (TPSA) is 35.5 Å². The van der Waals surface area contributed by atoms with Crippen LogP contribution in [0.25, 0.3) is 0 Å². The van der Waals surface area contributed by atoms with E-state index in [9.17, 15) is 9.50 Å². The number of nitrogens with zero attached hydrogens (tertiary/aromatic N) is 1. The summed E-state index contributed by atoms with van der Waals surface area (Å²) in [5.41, 5.74) is 1.43. The van der Waals surface area contributed by atoms with E-state index in [1.54, 1.807) is 0 Å². The third-order valence-electron chi connectivity index (χ3n) is 3.69. The zero-order valence-electron chi connectivity index (χ0n) is 11.7. The molecular formula is C15H23FN2O. The Morgan fingerprint density at radius 3 is 2.53 bits per heavy atom. The average Bonchev–Trinajstić information content (AvgIpc) is 2.35. The molecule has 2 N–H and O–H groups in total. The molecule has 106 valence electrons. The second-order valence-electron chi connectivity index (χ2n) is 5.71. The van der Waals surface area contributed by atoms with Crippen molar-refractivity contribution in [1.82, 2.24) is 10.2 Å². The van der Waals surface area contributed by atoms with Crippen molar-refractivity contribution >= 4 is 0 Å². The molecule has 4 heteroatoms. The normalized spacial score (nSPS) is 17.1. The Morgan fingerprint density at radius 1 is 1.26 bits per heavy atom. The molecule has 0 bridgehead atoms. The van der Waals surface area contributed by atoms with E-state index in [2.05, 4.69) is 5.32 Å². The van der Waals surface area contributed by atoms with Gasteiger partial charge in [0.05, 0.1) is 0 Å². The molecule has 1 aliphatic heterocycles. The predicted molar refractivity (Wildman–Crippen MR) is 74.8 cm³/mol. The second-order valence-corrected chi connectivity index (χ2v) is 5.71. The lowest BCUT2D eigenvalue weighted by molar-refractivity contribution is 0.359. The number of hydrogen-bond acceptors (Lipinski definition) is 3. The van der Waals surface area contributed by atoms with Gasteiger partial charge in [-0.05, 0) is 70.1 Å². The molecule has 0 saturated carbocycles. The third kappa shape index (κ3) is 3.91. The fourth-order valence-electron chi connectivity index (χ4n) is 2.73. The average molecular weight is 266 g/mol. The number of benzene rings is 1. The summed E-state index contributed by atoms with van der Waals surface area (Å²) >= 11 is 0. The second kappa shape index (κ2) is 6.35. The number of aromatic hydroxyl groups is 1. The molecule has 0 amide bonds. The molecule has 0 atom stereocenters. The molecule has 1 heterocycles.